The molecule has 130 valence electrons. The van der Waals surface area contributed by atoms with E-state index >= 15 is 0 Å². The SMILES string of the molecule is O=C(NC1CC1)[C@H](NCc1cccc([N+](=O)[O-])c1)c1ccc(F)cc1. The zero-order chi connectivity index (χ0) is 17.8. The largest absolute Gasteiger partial charge is 0.352 e. The van der Waals surface area contributed by atoms with E-state index < -0.39 is 11.0 Å². The first kappa shape index (κ1) is 17.0. The lowest BCUT2D eigenvalue weighted by Crippen LogP contribution is -2.38. The Morgan fingerprint density at radius 3 is 2.60 bits per heavy atom. The molecule has 1 aliphatic rings. The van der Waals surface area contributed by atoms with Crippen LogP contribution in [0.1, 0.15) is 30.0 Å². The number of hydrogen-bond acceptors (Lipinski definition) is 4. The number of carbonyl (C=O) groups is 1. The van der Waals surface area contributed by atoms with Crippen molar-refractivity contribution in [3.8, 4) is 0 Å². The van der Waals surface area contributed by atoms with Crippen molar-refractivity contribution >= 4 is 11.6 Å². The van der Waals surface area contributed by atoms with Crippen LogP contribution >= 0.6 is 0 Å². The maximum atomic E-state index is 13.2. The molecular formula is C18H18FN3O3. The Balaban J connectivity index is 1.74. The van der Waals surface area contributed by atoms with E-state index in [1.807, 2.05) is 0 Å². The summed E-state index contributed by atoms with van der Waals surface area (Å²) in [5.41, 5.74) is 1.34. The van der Waals surface area contributed by atoms with Crippen molar-refractivity contribution in [1.82, 2.24) is 10.6 Å². The second-order valence-corrected chi connectivity index (χ2v) is 6.08. The van der Waals surface area contributed by atoms with Crippen molar-refractivity contribution in [3.63, 3.8) is 0 Å². The summed E-state index contributed by atoms with van der Waals surface area (Å²) in [4.78, 5) is 22.9. The summed E-state index contributed by atoms with van der Waals surface area (Å²) in [5, 5.41) is 16.9. The molecule has 0 saturated heterocycles. The van der Waals surface area contributed by atoms with Gasteiger partial charge in [0.1, 0.15) is 11.9 Å². The van der Waals surface area contributed by atoms with Gasteiger partial charge in [-0.05, 0) is 36.1 Å². The van der Waals surface area contributed by atoms with Crippen LogP contribution in [0.2, 0.25) is 0 Å². The maximum Gasteiger partial charge on any atom is 0.269 e. The lowest BCUT2D eigenvalue weighted by Gasteiger charge is -2.19. The van der Waals surface area contributed by atoms with Gasteiger partial charge < -0.3 is 5.32 Å². The number of nitro groups is 1. The highest BCUT2D eigenvalue weighted by Crippen LogP contribution is 2.22. The van der Waals surface area contributed by atoms with Crippen LogP contribution in [-0.4, -0.2) is 16.9 Å². The van der Waals surface area contributed by atoms with E-state index in [-0.39, 0.29) is 30.0 Å². The first-order chi connectivity index (χ1) is 12.0. The molecular weight excluding hydrogens is 325 g/mol. The third-order valence-electron chi connectivity index (χ3n) is 4.02. The average molecular weight is 343 g/mol. The lowest BCUT2D eigenvalue weighted by atomic mass is 10.1. The molecule has 0 aromatic heterocycles. The van der Waals surface area contributed by atoms with E-state index in [2.05, 4.69) is 10.6 Å². The number of halogens is 1. The van der Waals surface area contributed by atoms with Crippen molar-refractivity contribution < 1.29 is 14.1 Å². The summed E-state index contributed by atoms with van der Waals surface area (Å²) >= 11 is 0. The molecule has 7 heteroatoms. The number of nitrogens with zero attached hydrogens (tertiary/aromatic N) is 1. The van der Waals surface area contributed by atoms with Crippen LogP contribution in [0.5, 0.6) is 0 Å². The second kappa shape index (κ2) is 7.40. The van der Waals surface area contributed by atoms with E-state index in [9.17, 15) is 19.3 Å². The van der Waals surface area contributed by atoms with Gasteiger partial charge in [0, 0.05) is 24.7 Å². The summed E-state index contributed by atoms with van der Waals surface area (Å²) in [7, 11) is 0. The molecule has 1 amide bonds. The molecule has 0 unspecified atom stereocenters. The van der Waals surface area contributed by atoms with Crippen LogP contribution in [-0.2, 0) is 11.3 Å². The Labute approximate surface area is 144 Å². The highest BCUT2D eigenvalue weighted by atomic mass is 19.1. The second-order valence-electron chi connectivity index (χ2n) is 6.08. The normalized spacial score (nSPS) is 14.8. The van der Waals surface area contributed by atoms with Crippen LogP contribution in [0.25, 0.3) is 0 Å². The number of rotatable bonds is 7. The van der Waals surface area contributed by atoms with Gasteiger partial charge in [-0.1, -0.05) is 24.3 Å². The molecule has 3 rings (SSSR count). The molecule has 6 nitrogen and oxygen atoms in total. The number of amides is 1. The van der Waals surface area contributed by atoms with Crippen LogP contribution < -0.4 is 10.6 Å². The first-order valence-corrected chi connectivity index (χ1v) is 8.05. The Morgan fingerprint density at radius 1 is 1.24 bits per heavy atom. The molecule has 2 N–H and O–H groups in total. The van der Waals surface area contributed by atoms with Gasteiger partial charge in [0.25, 0.3) is 5.69 Å². The molecule has 0 bridgehead atoms. The average Bonchev–Trinajstić information content (AvgIpc) is 3.41. The van der Waals surface area contributed by atoms with Crippen molar-refractivity contribution in [2.75, 3.05) is 0 Å². The van der Waals surface area contributed by atoms with Gasteiger partial charge in [0.05, 0.1) is 4.92 Å². The van der Waals surface area contributed by atoms with E-state index in [4.69, 9.17) is 0 Å². The van der Waals surface area contributed by atoms with Gasteiger partial charge in [0.15, 0.2) is 0 Å². The zero-order valence-corrected chi connectivity index (χ0v) is 13.4. The van der Waals surface area contributed by atoms with Gasteiger partial charge in [-0.25, -0.2) is 4.39 Å². The number of hydrogen-bond donors (Lipinski definition) is 2. The molecule has 0 aliphatic heterocycles. The fourth-order valence-electron chi connectivity index (χ4n) is 2.53. The molecule has 25 heavy (non-hydrogen) atoms. The molecule has 2 aromatic rings. The zero-order valence-electron chi connectivity index (χ0n) is 13.4. The van der Waals surface area contributed by atoms with Crippen LogP contribution in [0, 0.1) is 15.9 Å². The maximum absolute atomic E-state index is 13.2. The van der Waals surface area contributed by atoms with Crippen molar-refractivity contribution in [2.24, 2.45) is 0 Å². The smallest absolute Gasteiger partial charge is 0.269 e. The van der Waals surface area contributed by atoms with Crippen molar-refractivity contribution in [3.05, 3.63) is 75.6 Å². The number of nitro benzene ring substituents is 1. The number of carbonyl (C=O) groups excluding carboxylic acids is 1. The molecule has 1 atom stereocenters. The molecule has 1 saturated carbocycles. The van der Waals surface area contributed by atoms with Crippen LogP contribution in [0.15, 0.2) is 48.5 Å². The number of non-ortho nitro benzene ring substituents is 1. The van der Waals surface area contributed by atoms with Crippen LogP contribution in [0.3, 0.4) is 0 Å². The minimum atomic E-state index is -0.652. The van der Waals surface area contributed by atoms with Gasteiger partial charge in [-0.15, -0.1) is 0 Å². The molecule has 2 aromatic carbocycles. The molecule has 0 spiro atoms. The molecule has 0 radical (unpaired) electrons. The first-order valence-electron chi connectivity index (χ1n) is 8.05. The highest BCUT2D eigenvalue weighted by Gasteiger charge is 2.28. The number of benzene rings is 2. The van der Waals surface area contributed by atoms with E-state index in [0.29, 0.717) is 11.1 Å². The number of nitrogens with one attached hydrogen (secondary N) is 2. The summed E-state index contributed by atoms with van der Waals surface area (Å²) < 4.78 is 13.2. The molecule has 1 fully saturated rings. The summed E-state index contributed by atoms with van der Waals surface area (Å²) in [6.07, 6.45) is 1.93. The molecule has 0 heterocycles. The van der Waals surface area contributed by atoms with E-state index in [1.54, 1.807) is 24.3 Å². The fraction of sp³-hybridized carbons (Fsp3) is 0.278. The highest BCUT2D eigenvalue weighted by molar-refractivity contribution is 5.83. The van der Waals surface area contributed by atoms with Gasteiger partial charge in [-0.2, -0.15) is 0 Å². The lowest BCUT2D eigenvalue weighted by molar-refractivity contribution is -0.384. The predicted molar refractivity (Wildman–Crippen MR) is 90.2 cm³/mol. The fourth-order valence-corrected chi connectivity index (χ4v) is 2.53. The van der Waals surface area contributed by atoms with E-state index in [1.165, 1.54) is 24.3 Å². The van der Waals surface area contributed by atoms with Crippen LogP contribution in [0.4, 0.5) is 10.1 Å². The van der Waals surface area contributed by atoms with Crippen molar-refractivity contribution in [2.45, 2.75) is 31.5 Å². The quantitative estimate of drug-likeness (QED) is 0.598. The van der Waals surface area contributed by atoms with Gasteiger partial charge in [0.2, 0.25) is 5.91 Å². The van der Waals surface area contributed by atoms with Gasteiger partial charge in [-0.3, -0.25) is 20.2 Å². The van der Waals surface area contributed by atoms with Crippen molar-refractivity contribution in [1.29, 1.82) is 0 Å². The summed E-state index contributed by atoms with van der Waals surface area (Å²) in [5.74, 6) is -0.552. The Kier molecular flexibility index (Phi) is 5.04. The van der Waals surface area contributed by atoms with Gasteiger partial charge >= 0.3 is 0 Å². The topological polar surface area (TPSA) is 84.3 Å². The monoisotopic (exact) mass is 343 g/mol. The summed E-state index contributed by atoms with van der Waals surface area (Å²) in [6, 6.07) is 11.5. The minimum Gasteiger partial charge on any atom is -0.352 e. The third-order valence-corrected chi connectivity index (χ3v) is 4.02. The summed E-state index contributed by atoms with van der Waals surface area (Å²) in [6.45, 7) is 0.280. The third kappa shape index (κ3) is 4.60. The standard InChI is InChI=1S/C18H18FN3O3/c19-14-6-4-13(5-7-14)17(18(23)21-15-8-9-15)20-11-12-2-1-3-16(10-12)22(24)25/h1-7,10,15,17,20H,8-9,11H2,(H,21,23)/t17-/m1/s1. The van der Waals surface area contributed by atoms with E-state index in [0.717, 1.165) is 12.8 Å². The Hall–Kier alpha value is -2.80. The predicted octanol–water partition coefficient (Wildman–Crippen LogP) is 2.84. The Morgan fingerprint density at radius 2 is 1.96 bits per heavy atom. The molecule has 1 aliphatic carbocycles. The Bertz CT molecular complexity index is 775. The minimum absolute atomic E-state index is 0.0000594.